The number of aliphatic hydroxyl groups excluding tert-OH is 1. The monoisotopic (exact) mass is 1500 g/mol. The zero-order chi connectivity index (χ0) is 75.5. The molecule has 17 nitrogen and oxygen atoms in total. The van der Waals surface area contributed by atoms with E-state index in [9.17, 15) is 43.2 Å². The topological polar surface area (TPSA) is 237 Å². The van der Waals surface area contributed by atoms with Crippen LogP contribution in [-0.2, 0) is 65.4 Å². The fourth-order valence-electron chi connectivity index (χ4n) is 12.6. The number of hydrogen-bond donors (Lipinski definition) is 3. The van der Waals surface area contributed by atoms with Gasteiger partial charge in [0.2, 0.25) is 0 Å². The molecule has 0 radical (unpaired) electrons. The molecule has 0 spiro atoms. The summed E-state index contributed by atoms with van der Waals surface area (Å²) in [6.07, 6.45) is 71.9. The summed E-state index contributed by atoms with van der Waals surface area (Å²) in [6.45, 7) is 7.19. The van der Waals surface area contributed by atoms with Gasteiger partial charge in [-0.05, 0) is 57.3 Å². The van der Waals surface area contributed by atoms with Crippen molar-refractivity contribution >= 4 is 39.5 Å². The van der Waals surface area contributed by atoms with E-state index in [2.05, 4.69) is 58.9 Å². The Morgan fingerprint density at radius 3 is 0.796 bits per heavy atom. The van der Waals surface area contributed by atoms with Crippen LogP contribution < -0.4 is 0 Å². The number of carbonyl (C=O) groups excluding carboxylic acids is 4. The summed E-state index contributed by atoms with van der Waals surface area (Å²) in [5, 5.41) is 10.6. The number of rotatable bonds is 82. The van der Waals surface area contributed by atoms with Gasteiger partial charge in [0.1, 0.15) is 19.3 Å². The Morgan fingerprint density at radius 1 is 0.301 bits per heavy atom. The van der Waals surface area contributed by atoms with Crippen LogP contribution >= 0.6 is 15.6 Å². The van der Waals surface area contributed by atoms with Crippen LogP contribution in [0.1, 0.15) is 426 Å². The molecule has 0 amide bonds. The third-order valence-electron chi connectivity index (χ3n) is 19.2. The van der Waals surface area contributed by atoms with E-state index in [1.807, 2.05) is 0 Å². The van der Waals surface area contributed by atoms with Crippen LogP contribution in [0.2, 0.25) is 0 Å². The average molecular weight is 1500 g/mol. The molecule has 0 fully saturated rings. The molecule has 0 saturated heterocycles. The molecule has 0 aliphatic heterocycles. The first-order valence-corrected chi connectivity index (χ1v) is 45.9. The summed E-state index contributed by atoms with van der Waals surface area (Å²) in [7, 11) is -9.93. The van der Waals surface area contributed by atoms with Crippen molar-refractivity contribution in [2.45, 2.75) is 445 Å². The molecule has 0 rings (SSSR count). The molecular weight excluding hydrogens is 1340 g/mol. The van der Waals surface area contributed by atoms with Crippen molar-refractivity contribution in [3.05, 3.63) is 24.3 Å². The second-order valence-electron chi connectivity index (χ2n) is 30.0. The molecule has 2 unspecified atom stereocenters. The van der Waals surface area contributed by atoms with Crippen LogP contribution in [0.15, 0.2) is 24.3 Å². The van der Waals surface area contributed by atoms with Crippen LogP contribution in [0.25, 0.3) is 0 Å². The SMILES string of the molecule is CCCCCC/C=C\C=C/CCCCCCCC(=O)O[C@H](COC(=O)CCCCCCCCC(C)C)COP(=O)(O)OC[C@H](O)COP(=O)(O)OC[C@@H](COC(=O)CCCCCCCCCCCCCCCCCCC)OC(=O)CCCCCCCCCCCCCCCCCCCCCCCC. The molecular formula is C84H160O17P2. The van der Waals surface area contributed by atoms with Crippen molar-refractivity contribution in [3.63, 3.8) is 0 Å². The van der Waals surface area contributed by atoms with Crippen molar-refractivity contribution < 1.29 is 80.2 Å². The van der Waals surface area contributed by atoms with E-state index in [-0.39, 0.29) is 25.7 Å². The number of carbonyl (C=O) groups is 4. The van der Waals surface area contributed by atoms with Crippen molar-refractivity contribution in [1.82, 2.24) is 0 Å². The smallest absolute Gasteiger partial charge is 0.462 e. The maximum absolute atomic E-state index is 13.1. The maximum atomic E-state index is 13.1. The predicted octanol–water partition coefficient (Wildman–Crippen LogP) is 25.1. The molecule has 0 aromatic heterocycles. The standard InChI is InChI=1S/C84H160O17P2/c1-6-9-12-15-18-21-24-27-30-32-33-34-35-36-38-41-44-47-50-53-60-65-69-83(88)100-79(73-94-81(86)67-62-57-51-48-45-42-40-37-31-28-25-22-19-16-13-10-7-2)75-98-102(90,91)96-71-78(85)72-97-103(92,93)99-76-80(74-95-82(87)68-63-58-55-54-56-61-66-77(4)5)101-84(89)70-64-59-52-49-46-43-39-29-26-23-20-17-14-11-8-3/h23,26,29,39,77-80,85H,6-22,24-25,27-28,30-38,40-76H2,1-5H3,(H,90,91)(H,92,93)/b26-23-,39-29-/t78-,79-,80-/m1/s1. The van der Waals surface area contributed by atoms with E-state index < -0.39 is 97.5 Å². The van der Waals surface area contributed by atoms with Crippen LogP contribution in [0, 0.1) is 5.92 Å². The molecule has 3 N–H and O–H groups in total. The molecule has 0 bridgehead atoms. The number of esters is 4. The van der Waals surface area contributed by atoms with E-state index in [0.717, 1.165) is 109 Å². The highest BCUT2D eigenvalue weighted by molar-refractivity contribution is 7.47. The second-order valence-corrected chi connectivity index (χ2v) is 32.9. The molecule has 0 aromatic carbocycles. The number of unbranched alkanes of at least 4 members (excludes halogenated alkanes) is 51. The Morgan fingerprint density at radius 2 is 0.524 bits per heavy atom. The molecule has 103 heavy (non-hydrogen) atoms. The number of aliphatic hydroxyl groups is 1. The van der Waals surface area contributed by atoms with Gasteiger partial charge >= 0.3 is 39.5 Å². The summed E-state index contributed by atoms with van der Waals surface area (Å²) in [5.41, 5.74) is 0. The van der Waals surface area contributed by atoms with Crippen molar-refractivity contribution in [2.24, 2.45) is 5.92 Å². The fraction of sp³-hybridized carbons (Fsp3) is 0.905. The van der Waals surface area contributed by atoms with Gasteiger partial charge < -0.3 is 33.8 Å². The molecule has 19 heteroatoms. The fourth-order valence-corrected chi connectivity index (χ4v) is 14.2. The lowest BCUT2D eigenvalue weighted by Gasteiger charge is -2.21. The zero-order valence-corrected chi connectivity index (χ0v) is 68.7. The summed E-state index contributed by atoms with van der Waals surface area (Å²) in [4.78, 5) is 73.0. The van der Waals surface area contributed by atoms with Crippen molar-refractivity contribution in [1.29, 1.82) is 0 Å². The van der Waals surface area contributed by atoms with Gasteiger partial charge in [-0.3, -0.25) is 37.3 Å². The number of allylic oxidation sites excluding steroid dienone is 4. The maximum Gasteiger partial charge on any atom is 0.472 e. The van der Waals surface area contributed by atoms with E-state index in [1.54, 1.807) is 0 Å². The lowest BCUT2D eigenvalue weighted by atomic mass is 10.0. The third-order valence-corrected chi connectivity index (χ3v) is 21.1. The van der Waals surface area contributed by atoms with Crippen molar-refractivity contribution in [2.75, 3.05) is 39.6 Å². The minimum absolute atomic E-state index is 0.0844. The van der Waals surface area contributed by atoms with Gasteiger partial charge in [-0.15, -0.1) is 0 Å². The lowest BCUT2D eigenvalue weighted by molar-refractivity contribution is -0.161. The van der Waals surface area contributed by atoms with E-state index in [4.69, 9.17) is 37.0 Å². The highest BCUT2D eigenvalue weighted by atomic mass is 31.2. The van der Waals surface area contributed by atoms with Crippen LogP contribution in [0.4, 0.5) is 0 Å². The predicted molar refractivity (Wildman–Crippen MR) is 423 cm³/mol. The van der Waals surface area contributed by atoms with Crippen LogP contribution in [0.5, 0.6) is 0 Å². The number of phosphoric ester groups is 2. The van der Waals surface area contributed by atoms with E-state index in [1.165, 1.54) is 231 Å². The summed E-state index contributed by atoms with van der Waals surface area (Å²) in [5.74, 6) is -1.46. The summed E-state index contributed by atoms with van der Waals surface area (Å²) >= 11 is 0. The quantitative estimate of drug-likeness (QED) is 0.0169. The Balaban J connectivity index is 5.23. The highest BCUT2D eigenvalue weighted by Gasteiger charge is 2.30. The van der Waals surface area contributed by atoms with Gasteiger partial charge in [0.25, 0.3) is 0 Å². The van der Waals surface area contributed by atoms with Gasteiger partial charge in [-0.25, -0.2) is 9.13 Å². The summed E-state index contributed by atoms with van der Waals surface area (Å²) < 4.78 is 68.7. The molecule has 0 heterocycles. The van der Waals surface area contributed by atoms with Gasteiger partial charge in [0.05, 0.1) is 26.4 Å². The Kier molecular flexibility index (Phi) is 74.5. The second kappa shape index (κ2) is 76.3. The largest absolute Gasteiger partial charge is 0.472 e. The first kappa shape index (κ1) is 101. The van der Waals surface area contributed by atoms with E-state index >= 15 is 0 Å². The molecule has 0 aromatic rings. The van der Waals surface area contributed by atoms with Gasteiger partial charge in [0.15, 0.2) is 12.2 Å². The molecule has 0 aliphatic rings. The summed E-state index contributed by atoms with van der Waals surface area (Å²) in [6, 6.07) is 0. The first-order valence-electron chi connectivity index (χ1n) is 43.0. The molecule has 0 aliphatic carbocycles. The Bertz CT molecular complexity index is 2060. The number of phosphoric acid groups is 2. The van der Waals surface area contributed by atoms with Crippen LogP contribution in [-0.4, -0.2) is 96.7 Å². The molecule has 608 valence electrons. The lowest BCUT2D eigenvalue weighted by Crippen LogP contribution is -2.30. The minimum atomic E-state index is -4.97. The normalized spacial score (nSPS) is 14.0. The highest BCUT2D eigenvalue weighted by Crippen LogP contribution is 2.45. The number of ether oxygens (including phenoxy) is 4. The van der Waals surface area contributed by atoms with E-state index in [0.29, 0.717) is 31.6 Å². The van der Waals surface area contributed by atoms with Gasteiger partial charge in [-0.2, -0.15) is 0 Å². The Hall–Kier alpha value is -2.46. The Labute approximate surface area is 631 Å². The first-order chi connectivity index (χ1) is 50.0. The van der Waals surface area contributed by atoms with Gasteiger partial charge in [-0.1, -0.05) is 374 Å². The van der Waals surface area contributed by atoms with Crippen molar-refractivity contribution in [3.8, 4) is 0 Å². The molecule has 5 atom stereocenters. The average Bonchev–Trinajstić information content (AvgIpc) is 0.924. The zero-order valence-electron chi connectivity index (χ0n) is 66.9. The minimum Gasteiger partial charge on any atom is -0.462 e. The van der Waals surface area contributed by atoms with Crippen LogP contribution in [0.3, 0.4) is 0 Å². The van der Waals surface area contributed by atoms with Gasteiger partial charge in [0, 0.05) is 25.7 Å². The third kappa shape index (κ3) is 77.5. The molecule has 0 saturated carbocycles. The number of hydrogen-bond acceptors (Lipinski definition) is 15.